The summed E-state index contributed by atoms with van der Waals surface area (Å²) in [6, 6.07) is 22.6. The van der Waals surface area contributed by atoms with Gasteiger partial charge in [0.05, 0.1) is 23.9 Å². The first-order valence-electron chi connectivity index (χ1n) is 10.8. The lowest BCUT2D eigenvalue weighted by molar-refractivity contribution is -0.136. The highest BCUT2D eigenvalue weighted by Gasteiger charge is 2.38. The summed E-state index contributed by atoms with van der Waals surface area (Å²) in [6.45, 7) is 4.03. The smallest absolute Gasteiger partial charge is 0.340 e. The molecule has 0 saturated carbocycles. The molecule has 0 atom stereocenters. The van der Waals surface area contributed by atoms with E-state index in [0.29, 0.717) is 28.8 Å². The molecule has 4 rings (SSSR count). The van der Waals surface area contributed by atoms with E-state index in [1.807, 2.05) is 67.6 Å². The molecule has 1 aliphatic heterocycles. The first-order chi connectivity index (χ1) is 16.4. The van der Waals surface area contributed by atoms with Crippen molar-refractivity contribution in [2.24, 2.45) is 0 Å². The Bertz CT molecular complexity index is 1310. The van der Waals surface area contributed by atoms with E-state index in [4.69, 9.17) is 21.1 Å². The summed E-state index contributed by atoms with van der Waals surface area (Å²) in [4.78, 5) is 27.6. The first kappa shape index (κ1) is 23.3. The van der Waals surface area contributed by atoms with Gasteiger partial charge in [-0.15, -0.1) is 0 Å². The number of rotatable bonds is 6. The van der Waals surface area contributed by atoms with Crippen LogP contribution in [-0.4, -0.2) is 19.0 Å². The molecule has 0 radical (unpaired) electrons. The highest BCUT2D eigenvalue weighted by atomic mass is 35.5. The molecule has 0 unspecified atom stereocenters. The maximum atomic E-state index is 13.5. The molecule has 172 valence electrons. The summed E-state index contributed by atoms with van der Waals surface area (Å²) in [6.07, 6.45) is 1.68. The van der Waals surface area contributed by atoms with Gasteiger partial charge in [0.1, 0.15) is 12.4 Å². The fourth-order valence-corrected chi connectivity index (χ4v) is 3.99. The maximum absolute atomic E-state index is 13.5. The van der Waals surface area contributed by atoms with Gasteiger partial charge in [-0.25, -0.2) is 4.79 Å². The van der Waals surface area contributed by atoms with E-state index >= 15 is 0 Å². The second-order valence-corrected chi connectivity index (χ2v) is 8.34. The standard InChI is InChI=1S/C28H24ClNO4/c1-18-12-13-22(16-25(18)29)30-19(2)26(28(32)33-3)24(27(30)31)15-21-10-7-11-23(14-21)34-17-20-8-5-4-6-9-20/h4-16H,17H2,1-3H3/b24-15-. The number of esters is 1. The molecular formula is C28H24ClNO4. The van der Waals surface area contributed by atoms with Crippen LogP contribution >= 0.6 is 11.6 Å². The number of halogens is 1. The molecule has 6 heteroatoms. The van der Waals surface area contributed by atoms with E-state index in [9.17, 15) is 9.59 Å². The zero-order valence-electron chi connectivity index (χ0n) is 19.2. The Morgan fingerprint density at radius 1 is 1.00 bits per heavy atom. The molecule has 5 nitrogen and oxygen atoms in total. The summed E-state index contributed by atoms with van der Waals surface area (Å²) >= 11 is 6.30. The Hall–Kier alpha value is -3.83. The number of hydrogen-bond donors (Lipinski definition) is 0. The number of allylic oxidation sites excluding steroid dienone is 1. The van der Waals surface area contributed by atoms with Crippen molar-refractivity contribution in [2.75, 3.05) is 12.0 Å². The van der Waals surface area contributed by atoms with E-state index in [2.05, 4.69) is 0 Å². The lowest BCUT2D eigenvalue weighted by atomic mass is 10.0. The van der Waals surface area contributed by atoms with Crippen molar-refractivity contribution in [3.8, 4) is 5.75 Å². The van der Waals surface area contributed by atoms with Crippen LogP contribution in [0.5, 0.6) is 5.75 Å². The number of amides is 1. The topological polar surface area (TPSA) is 55.8 Å². The number of anilines is 1. The number of nitrogens with zero attached hydrogens (tertiary/aromatic N) is 1. The number of ether oxygens (including phenoxy) is 2. The van der Waals surface area contributed by atoms with Crippen LogP contribution in [0.4, 0.5) is 5.69 Å². The lowest BCUT2D eigenvalue weighted by Gasteiger charge is -2.18. The average molecular weight is 474 g/mol. The summed E-state index contributed by atoms with van der Waals surface area (Å²) in [5.41, 5.74) is 4.22. The van der Waals surface area contributed by atoms with Gasteiger partial charge in [0, 0.05) is 10.7 Å². The van der Waals surface area contributed by atoms with Crippen molar-refractivity contribution in [3.05, 3.63) is 111 Å². The predicted molar refractivity (Wildman–Crippen MR) is 134 cm³/mol. The Morgan fingerprint density at radius 3 is 2.47 bits per heavy atom. The zero-order chi connectivity index (χ0) is 24.2. The number of carbonyl (C=O) groups excluding carboxylic acids is 2. The molecule has 0 bridgehead atoms. The largest absolute Gasteiger partial charge is 0.489 e. The molecule has 34 heavy (non-hydrogen) atoms. The summed E-state index contributed by atoms with van der Waals surface area (Å²) in [5, 5.41) is 0.540. The molecule has 0 aromatic heterocycles. The molecular weight excluding hydrogens is 450 g/mol. The molecule has 3 aromatic rings. The third-order valence-electron chi connectivity index (χ3n) is 5.62. The van der Waals surface area contributed by atoms with Crippen LogP contribution in [0.3, 0.4) is 0 Å². The third kappa shape index (κ3) is 4.75. The van der Waals surface area contributed by atoms with Gasteiger partial charge < -0.3 is 9.47 Å². The molecule has 1 aliphatic rings. The van der Waals surface area contributed by atoms with Crippen molar-refractivity contribution in [2.45, 2.75) is 20.5 Å². The fraction of sp³-hybridized carbons (Fsp3) is 0.143. The maximum Gasteiger partial charge on any atom is 0.340 e. The van der Waals surface area contributed by atoms with Gasteiger partial charge >= 0.3 is 5.97 Å². The number of aryl methyl sites for hydroxylation is 1. The summed E-state index contributed by atoms with van der Waals surface area (Å²) < 4.78 is 10.9. The lowest BCUT2D eigenvalue weighted by Crippen LogP contribution is -2.24. The number of methoxy groups -OCH3 is 1. The second-order valence-electron chi connectivity index (χ2n) is 7.93. The highest BCUT2D eigenvalue weighted by Crippen LogP contribution is 2.37. The van der Waals surface area contributed by atoms with Gasteiger partial charge in [-0.2, -0.15) is 0 Å². The van der Waals surface area contributed by atoms with Crippen LogP contribution in [0.25, 0.3) is 6.08 Å². The molecule has 1 heterocycles. The van der Waals surface area contributed by atoms with Crippen molar-refractivity contribution < 1.29 is 19.1 Å². The molecule has 0 saturated heterocycles. The molecule has 3 aromatic carbocycles. The number of hydrogen-bond acceptors (Lipinski definition) is 4. The Kier molecular flexibility index (Phi) is 6.85. The van der Waals surface area contributed by atoms with Crippen molar-refractivity contribution in [1.82, 2.24) is 0 Å². The monoisotopic (exact) mass is 473 g/mol. The number of benzene rings is 3. The summed E-state index contributed by atoms with van der Waals surface area (Å²) in [7, 11) is 1.30. The second kappa shape index (κ2) is 9.98. The Morgan fingerprint density at radius 2 is 1.76 bits per heavy atom. The van der Waals surface area contributed by atoms with Crippen molar-refractivity contribution >= 4 is 35.2 Å². The van der Waals surface area contributed by atoms with Crippen LogP contribution in [0.1, 0.15) is 23.6 Å². The third-order valence-corrected chi connectivity index (χ3v) is 6.03. The van der Waals surface area contributed by atoms with Crippen LogP contribution in [0.15, 0.2) is 89.6 Å². The molecule has 0 N–H and O–H groups in total. The van der Waals surface area contributed by atoms with Gasteiger partial charge in [-0.3, -0.25) is 9.69 Å². The SMILES string of the molecule is COC(=O)C1=C(C)N(c2ccc(C)c(Cl)c2)C(=O)/C1=C\c1cccc(OCc2ccccc2)c1. The molecule has 0 fully saturated rings. The average Bonchev–Trinajstić information content (AvgIpc) is 3.09. The van der Waals surface area contributed by atoms with E-state index in [1.54, 1.807) is 25.1 Å². The summed E-state index contributed by atoms with van der Waals surface area (Å²) in [5.74, 6) is -0.242. The fourth-order valence-electron chi connectivity index (χ4n) is 3.81. The van der Waals surface area contributed by atoms with E-state index < -0.39 is 5.97 Å². The van der Waals surface area contributed by atoms with Gasteiger partial charge in [-0.1, -0.05) is 60.1 Å². The van der Waals surface area contributed by atoms with Crippen molar-refractivity contribution in [3.63, 3.8) is 0 Å². The molecule has 0 spiro atoms. The number of carbonyl (C=O) groups is 2. The molecule has 0 aliphatic carbocycles. The van der Waals surface area contributed by atoms with Gasteiger partial charge in [0.2, 0.25) is 0 Å². The van der Waals surface area contributed by atoms with Crippen LogP contribution in [-0.2, 0) is 20.9 Å². The zero-order valence-corrected chi connectivity index (χ0v) is 19.9. The minimum Gasteiger partial charge on any atom is -0.489 e. The van der Waals surface area contributed by atoms with E-state index in [-0.39, 0.29) is 17.1 Å². The van der Waals surface area contributed by atoms with Crippen LogP contribution < -0.4 is 9.64 Å². The van der Waals surface area contributed by atoms with E-state index in [0.717, 1.165) is 16.7 Å². The van der Waals surface area contributed by atoms with Crippen molar-refractivity contribution in [1.29, 1.82) is 0 Å². The Labute approximate surface area is 203 Å². The normalized spacial score (nSPS) is 14.6. The van der Waals surface area contributed by atoms with Crippen LogP contribution in [0.2, 0.25) is 5.02 Å². The van der Waals surface area contributed by atoms with Gasteiger partial charge in [0.25, 0.3) is 5.91 Å². The van der Waals surface area contributed by atoms with E-state index in [1.165, 1.54) is 12.0 Å². The van der Waals surface area contributed by atoms with Gasteiger partial charge in [0.15, 0.2) is 0 Å². The van der Waals surface area contributed by atoms with Crippen LogP contribution in [0, 0.1) is 6.92 Å². The molecule has 1 amide bonds. The quantitative estimate of drug-likeness (QED) is 0.320. The Balaban J connectivity index is 1.68. The highest BCUT2D eigenvalue weighted by molar-refractivity contribution is 6.32. The minimum atomic E-state index is -0.575. The van der Waals surface area contributed by atoms with Gasteiger partial charge in [-0.05, 0) is 60.9 Å². The first-order valence-corrected chi connectivity index (χ1v) is 11.2. The predicted octanol–water partition coefficient (Wildman–Crippen LogP) is 6.10. The minimum absolute atomic E-state index is 0.222.